The predicted octanol–water partition coefficient (Wildman–Crippen LogP) is 1.12. The van der Waals surface area contributed by atoms with Crippen molar-refractivity contribution in [2.45, 2.75) is 33.4 Å². The Morgan fingerprint density at radius 1 is 1.59 bits per heavy atom. The fourth-order valence-corrected chi connectivity index (χ4v) is 1.81. The van der Waals surface area contributed by atoms with Gasteiger partial charge in [-0.15, -0.1) is 0 Å². The summed E-state index contributed by atoms with van der Waals surface area (Å²) in [6.07, 6.45) is 1.66. The Labute approximate surface area is 102 Å². The Morgan fingerprint density at radius 2 is 2.29 bits per heavy atom. The van der Waals surface area contributed by atoms with Crippen molar-refractivity contribution >= 4 is 5.91 Å². The van der Waals surface area contributed by atoms with Crippen LogP contribution in [0.2, 0.25) is 0 Å². The first-order valence-corrected chi connectivity index (χ1v) is 5.87. The molecule has 0 aliphatic rings. The van der Waals surface area contributed by atoms with Crippen molar-refractivity contribution in [3.05, 3.63) is 24.2 Å². The van der Waals surface area contributed by atoms with E-state index >= 15 is 0 Å². The zero-order chi connectivity index (χ0) is 12.8. The SMILES string of the molecule is CCN(Cc1ccco1)C(C)C(C)C(=O)NN. The summed E-state index contributed by atoms with van der Waals surface area (Å²) in [4.78, 5) is 13.7. The number of amides is 1. The second kappa shape index (κ2) is 6.42. The lowest BCUT2D eigenvalue weighted by molar-refractivity contribution is -0.126. The third-order valence-corrected chi connectivity index (χ3v) is 3.20. The first-order chi connectivity index (χ1) is 8.10. The molecule has 0 saturated heterocycles. The lowest BCUT2D eigenvalue weighted by Gasteiger charge is -2.30. The van der Waals surface area contributed by atoms with Crippen LogP contribution < -0.4 is 11.3 Å². The highest BCUT2D eigenvalue weighted by Crippen LogP contribution is 2.14. The molecule has 0 aliphatic carbocycles. The molecule has 0 fully saturated rings. The van der Waals surface area contributed by atoms with E-state index in [9.17, 15) is 4.79 Å². The van der Waals surface area contributed by atoms with Crippen LogP contribution in [0.15, 0.2) is 22.8 Å². The third kappa shape index (κ3) is 3.57. The lowest BCUT2D eigenvalue weighted by atomic mass is 10.0. The highest BCUT2D eigenvalue weighted by molar-refractivity contribution is 5.78. The smallest absolute Gasteiger partial charge is 0.238 e. The highest BCUT2D eigenvalue weighted by atomic mass is 16.3. The number of furan rings is 1. The van der Waals surface area contributed by atoms with Gasteiger partial charge in [0.25, 0.3) is 0 Å². The molecule has 0 radical (unpaired) electrons. The Kier molecular flexibility index (Phi) is 5.18. The second-order valence-electron chi connectivity index (χ2n) is 4.18. The largest absolute Gasteiger partial charge is 0.468 e. The van der Waals surface area contributed by atoms with Crippen LogP contribution >= 0.6 is 0 Å². The van der Waals surface area contributed by atoms with Crippen LogP contribution in [0.3, 0.4) is 0 Å². The van der Waals surface area contributed by atoms with Gasteiger partial charge in [0.15, 0.2) is 0 Å². The number of hydrogen-bond acceptors (Lipinski definition) is 4. The average Bonchev–Trinajstić information content (AvgIpc) is 2.85. The number of hydrogen-bond donors (Lipinski definition) is 2. The van der Waals surface area contributed by atoms with Gasteiger partial charge in [0, 0.05) is 6.04 Å². The van der Waals surface area contributed by atoms with Crippen molar-refractivity contribution in [3.8, 4) is 0 Å². The Balaban J connectivity index is 2.63. The van der Waals surface area contributed by atoms with Gasteiger partial charge < -0.3 is 4.42 Å². The molecule has 96 valence electrons. The summed E-state index contributed by atoms with van der Waals surface area (Å²) in [5.74, 6) is 5.75. The minimum absolute atomic E-state index is 0.105. The van der Waals surface area contributed by atoms with E-state index < -0.39 is 0 Å². The van der Waals surface area contributed by atoms with E-state index in [2.05, 4.69) is 17.2 Å². The van der Waals surface area contributed by atoms with Crippen molar-refractivity contribution in [2.75, 3.05) is 6.54 Å². The molecule has 1 heterocycles. The number of hydrazine groups is 1. The molecule has 3 N–H and O–H groups in total. The summed E-state index contributed by atoms with van der Waals surface area (Å²) >= 11 is 0. The fraction of sp³-hybridized carbons (Fsp3) is 0.583. The van der Waals surface area contributed by atoms with E-state index in [1.54, 1.807) is 6.26 Å². The van der Waals surface area contributed by atoms with Gasteiger partial charge in [-0.25, -0.2) is 5.84 Å². The minimum Gasteiger partial charge on any atom is -0.468 e. The first-order valence-electron chi connectivity index (χ1n) is 5.87. The number of carbonyl (C=O) groups excluding carboxylic acids is 1. The molecule has 17 heavy (non-hydrogen) atoms. The normalized spacial score (nSPS) is 14.6. The van der Waals surface area contributed by atoms with Crippen LogP contribution in [0.4, 0.5) is 0 Å². The molecular weight excluding hydrogens is 218 g/mol. The van der Waals surface area contributed by atoms with E-state index in [-0.39, 0.29) is 17.9 Å². The molecular formula is C12H21N3O2. The molecule has 5 nitrogen and oxygen atoms in total. The quantitative estimate of drug-likeness (QED) is 0.443. The molecule has 0 saturated carbocycles. The van der Waals surface area contributed by atoms with Crippen LogP contribution in [-0.4, -0.2) is 23.4 Å². The summed E-state index contributed by atoms with van der Waals surface area (Å²) in [6, 6.07) is 3.90. The maximum atomic E-state index is 11.5. The van der Waals surface area contributed by atoms with Crippen LogP contribution in [-0.2, 0) is 11.3 Å². The molecule has 0 aromatic carbocycles. The van der Waals surface area contributed by atoms with E-state index in [1.165, 1.54) is 0 Å². The minimum atomic E-state index is -0.157. The van der Waals surface area contributed by atoms with Crippen molar-refractivity contribution in [2.24, 2.45) is 11.8 Å². The molecule has 2 unspecified atom stereocenters. The Hall–Kier alpha value is -1.33. The monoisotopic (exact) mass is 239 g/mol. The van der Waals surface area contributed by atoms with E-state index in [4.69, 9.17) is 10.3 Å². The van der Waals surface area contributed by atoms with Gasteiger partial charge in [-0.1, -0.05) is 13.8 Å². The summed E-state index contributed by atoms with van der Waals surface area (Å²) in [5, 5.41) is 0. The van der Waals surface area contributed by atoms with Crippen molar-refractivity contribution in [1.29, 1.82) is 0 Å². The zero-order valence-electron chi connectivity index (χ0n) is 10.6. The van der Waals surface area contributed by atoms with Crippen LogP contribution in [0.5, 0.6) is 0 Å². The first kappa shape index (κ1) is 13.7. The number of carbonyl (C=O) groups is 1. The van der Waals surface area contributed by atoms with E-state index in [0.29, 0.717) is 6.54 Å². The van der Waals surface area contributed by atoms with Gasteiger partial charge >= 0.3 is 0 Å². The molecule has 0 spiro atoms. The number of nitrogens with zero attached hydrogens (tertiary/aromatic N) is 1. The summed E-state index contributed by atoms with van der Waals surface area (Å²) < 4.78 is 5.32. The molecule has 1 rings (SSSR count). The maximum Gasteiger partial charge on any atom is 0.238 e. The lowest BCUT2D eigenvalue weighted by Crippen LogP contribution is -2.45. The fourth-order valence-electron chi connectivity index (χ4n) is 1.81. The van der Waals surface area contributed by atoms with Crippen LogP contribution in [0.25, 0.3) is 0 Å². The van der Waals surface area contributed by atoms with Gasteiger partial charge in [-0.3, -0.25) is 15.1 Å². The molecule has 1 amide bonds. The number of nitrogens with two attached hydrogens (primary N) is 1. The van der Waals surface area contributed by atoms with Gasteiger partial charge in [-0.05, 0) is 25.6 Å². The summed E-state index contributed by atoms with van der Waals surface area (Å²) in [7, 11) is 0. The predicted molar refractivity (Wildman–Crippen MR) is 65.7 cm³/mol. The molecule has 1 aromatic rings. The zero-order valence-corrected chi connectivity index (χ0v) is 10.6. The van der Waals surface area contributed by atoms with Gasteiger partial charge in [0.1, 0.15) is 5.76 Å². The third-order valence-electron chi connectivity index (χ3n) is 3.20. The van der Waals surface area contributed by atoms with Gasteiger partial charge in [0.2, 0.25) is 5.91 Å². The van der Waals surface area contributed by atoms with Crippen molar-refractivity contribution in [3.63, 3.8) is 0 Å². The molecule has 2 atom stereocenters. The molecule has 1 aromatic heterocycles. The molecule has 5 heteroatoms. The van der Waals surface area contributed by atoms with E-state index in [0.717, 1.165) is 12.3 Å². The second-order valence-corrected chi connectivity index (χ2v) is 4.18. The van der Waals surface area contributed by atoms with Gasteiger partial charge in [0.05, 0.1) is 18.7 Å². The Morgan fingerprint density at radius 3 is 2.76 bits per heavy atom. The van der Waals surface area contributed by atoms with Crippen molar-refractivity contribution in [1.82, 2.24) is 10.3 Å². The number of nitrogens with one attached hydrogen (secondary N) is 1. The summed E-state index contributed by atoms with van der Waals surface area (Å²) in [5.41, 5.74) is 2.19. The maximum absolute atomic E-state index is 11.5. The average molecular weight is 239 g/mol. The van der Waals surface area contributed by atoms with E-state index in [1.807, 2.05) is 26.0 Å². The molecule has 0 bridgehead atoms. The van der Waals surface area contributed by atoms with Crippen molar-refractivity contribution < 1.29 is 9.21 Å². The van der Waals surface area contributed by atoms with Crippen LogP contribution in [0.1, 0.15) is 26.5 Å². The standard InChI is InChI=1S/C12H21N3O2/c1-4-15(8-11-6-5-7-17-11)10(3)9(2)12(16)14-13/h5-7,9-10H,4,8,13H2,1-3H3,(H,14,16). The molecule has 0 aliphatic heterocycles. The summed E-state index contributed by atoms with van der Waals surface area (Å²) in [6.45, 7) is 7.51. The topological polar surface area (TPSA) is 71.5 Å². The van der Waals surface area contributed by atoms with Crippen LogP contribution in [0, 0.1) is 5.92 Å². The van der Waals surface area contributed by atoms with Gasteiger partial charge in [-0.2, -0.15) is 0 Å². The number of rotatable bonds is 6. The Bertz CT molecular complexity index is 338. The highest BCUT2D eigenvalue weighted by Gasteiger charge is 2.24.